The van der Waals surface area contributed by atoms with Crippen molar-refractivity contribution < 1.29 is 29.1 Å². The molecule has 0 aliphatic rings. The third-order valence-electron chi connectivity index (χ3n) is 3.36. The van der Waals surface area contributed by atoms with Crippen LogP contribution in [0.5, 0.6) is 0 Å². The third kappa shape index (κ3) is 3.96. The first-order valence-corrected chi connectivity index (χ1v) is 7.80. The molecule has 0 saturated heterocycles. The number of carboxylic acid groups (broad SMARTS) is 2. The van der Waals surface area contributed by atoms with Crippen molar-refractivity contribution in [3.05, 3.63) is 33.2 Å². The van der Waals surface area contributed by atoms with E-state index in [2.05, 4.69) is 14.7 Å². The molecule has 0 radical (unpaired) electrons. The SMILES string of the molecule is Cc1ncc(C[n+]2c(C(=O)O)sc(CCOC(=O)O)c2C)c(N)n1. The molecule has 128 valence electrons. The van der Waals surface area contributed by atoms with Crippen LogP contribution in [0.4, 0.5) is 10.6 Å². The normalized spacial score (nSPS) is 10.6. The van der Waals surface area contributed by atoms with Crippen LogP contribution in [0.1, 0.15) is 31.8 Å². The number of rotatable bonds is 6. The van der Waals surface area contributed by atoms with Crippen LogP contribution in [-0.4, -0.2) is 38.9 Å². The van der Waals surface area contributed by atoms with Crippen LogP contribution in [0.2, 0.25) is 0 Å². The molecule has 0 atom stereocenters. The van der Waals surface area contributed by atoms with Gasteiger partial charge in [0.1, 0.15) is 11.6 Å². The van der Waals surface area contributed by atoms with Gasteiger partial charge in [0, 0.05) is 19.5 Å². The molecule has 0 aliphatic carbocycles. The molecular weight excluding hydrogens is 336 g/mol. The average molecular weight is 353 g/mol. The van der Waals surface area contributed by atoms with Gasteiger partial charge in [-0.3, -0.25) is 0 Å². The van der Waals surface area contributed by atoms with Crippen molar-refractivity contribution >= 4 is 29.3 Å². The highest BCUT2D eigenvalue weighted by Gasteiger charge is 2.29. The second-order valence-corrected chi connectivity index (χ2v) is 6.08. The summed E-state index contributed by atoms with van der Waals surface area (Å²) in [7, 11) is 0. The van der Waals surface area contributed by atoms with E-state index >= 15 is 0 Å². The zero-order valence-electron chi connectivity index (χ0n) is 13.1. The number of nitrogens with zero attached hydrogens (tertiary/aromatic N) is 3. The molecule has 2 aromatic heterocycles. The Balaban J connectivity index is 2.32. The Bertz CT molecular complexity index is 790. The van der Waals surface area contributed by atoms with E-state index in [1.54, 1.807) is 24.6 Å². The fourth-order valence-corrected chi connectivity index (χ4v) is 3.24. The number of anilines is 1. The fourth-order valence-electron chi connectivity index (χ4n) is 2.17. The Morgan fingerprint density at radius 3 is 2.67 bits per heavy atom. The van der Waals surface area contributed by atoms with Gasteiger partial charge >= 0.3 is 17.1 Å². The summed E-state index contributed by atoms with van der Waals surface area (Å²) in [6.45, 7) is 3.66. The maximum absolute atomic E-state index is 11.5. The summed E-state index contributed by atoms with van der Waals surface area (Å²) in [5, 5.41) is 18.0. The van der Waals surface area contributed by atoms with Gasteiger partial charge in [-0.1, -0.05) is 11.3 Å². The quantitative estimate of drug-likeness (QED) is 0.516. The van der Waals surface area contributed by atoms with Crippen molar-refractivity contribution in [2.45, 2.75) is 26.8 Å². The Labute approximate surface area is 141 Å². The van der Waals surface area contributed by atoms with E-state index in [0.717, 1.165) is 16.2 Å². The summed E-state index contributed by atoms with van der Waals surface area (Å²) in [6.07, 6.45) is 0.511. The molecule has 0 unspecified atom stereocenters. The minimum atomic E-state index is -1.36. The van der Waals surface area contributed by atoms with Gasteiger partial charge in [-0.25, -0.2) is 19.6 Å². The Morgan fingerprint density at radius 1 is 1.38 bits per heavy atom. The molecule has 0 aromatic carbocycles. The molecule has 10 heteroatoms. The van der Waals surface area contributed by atoms with E-state index in [-0.39, 0.29) is 18.2 Å². The van der Waals surface area contributed by atoms with Crippen LogP contribution >= 0.6 is 11.3 Å². The highest BCUT2D eigenvalue weighted by Crippen LogP contribution is 2.19. The van der Waals surface area contributed by atoms with Gasteiger partial charge in [0.05, 0.1) is 17.0 Å². The molecule has 4 N–H and O–H groups in total. The van der Waals surface area contributed by atoms with Crippen molar-refractivity contribution in [1.29, 1.82) is 0 Å². The number of carbonyl (C=O) groups is 2. The monoisotopic (exact) mass is 353 g/mol. The second-order valence-electron chi connectivity index (χ2n) is 5.00. The van der Waals surface area contributed by atoms with E-state index in [4.69, 9.17) is 10.8 Å². The Hall–Kier alpha value is -2.75. The van der Waals surface area contributed by atoms with Gasteiger partial charge in [0.15, 0.2) is 12.2 Å². The van der Waals surface area contributed by atoms with E-state index < -0.39 is 12.1 Å². The summed E-state index contributed by atoms with van der Waals surface area (Å²) >= 11 is 1.08. The molecule has 24 heavy (non-hydrogen) atoms. The lowest BCUT2D eigenvalue weighted by molar-refractivity contribution is -0.691. The molecule has 0 aliphatic heterocycles. The molecule has 0 fully saturated rings. The van der Waals surface area contributed by atoms with Crippen molar-refractivity contribution in [2.75, 3.05) is 12.3 Å². The summed E-state index contributed by atoms with van der Waals surface area (Å²) in [6, 6.07) is 0. The maximum atomic E-state index is 11.5. The lowest BCUT2D eigenvalue weighted by Gasteiger charge is -2.03. The van der Waals surface area contributed by atoms with Crippen molar-refractivity contribution in [3.8, 4) is 0 Å². The topological polar surface area (TPSA) is 140 Å². The average Bonchev–Trinajstić information content (AvgIpc) is 2.79. The summed E-state index contributed by atoms with van der Waals surface area (Å²) < 4.78 is 6.09. The molecule has 9 nitrogen and oxygen atoms in total. The van der Waals surface area contributed by atoms with Crippen molar-refractivity contribution in [3.63, 3.8) is 0 Å². The Morgan fingerprint density at radius 2 is 2.08 bits per heavy atom. The van der Waals surface area contributed by atoms with Gasteiger partial charge in [0.25, 0.3) is 0 Å². The highest BCUT2D eigenvalue weighted by molar-refractivity contribution is 7.13. The molecular formula is C14H17N4O5S+. The molecule has 0 saturated carbocycles. The lowest BCUT2D eigenvalue weighted by Crippen LogP contribution is -2.41. The first-order valence-electron chi connectivity index (χ1n) is 6.98. The van der Waals surface area contributed by atoms with Crippen LogP contribution in [0.25, 0.3) is 0 Å². The largest absolute Gasteiger partial charge is 0.505 e. The van der Waals surface area contributed by atoms with Gasteiger partial charge in [-0.2, -0.15) is 4.57 Å². The standard InChI is InChI=1S/C14H16N4O5S/c1-7-10(3-4-23-14(21)22)24-12(13(19)20)18(7)6-9-5-16-8(2)17-11(9)15/h5H,3-4,6H2,1-2H3,(H3-,15,16,17,19,20,21,22)/p+1. The molecule has 0 amide bonds. The summed E-state index contributed by atoms with van der Waals surface area (Å²) in [4.78, 5) is 30.8. The number of nitrogens with two attached hydrogens (primary N) is 1. The maximum Gasteiger partial charge on any atom is 0.505 e. The van der Waals surface area contributed by atoms with Gasteiger partial charge in [-0.05, 0) is 6.92 Å². The van der Waals surface area contributed by atoms with E-state index in [0.29, 0.717) is 29.3 Å². The van der Waals surface area contributed by atoms with Gasteiger partial charge in [-0.15, -0.1) is 0 Å². The number of aryl methyl sites for hydroxylation is 1. The number of carboxylic acids is 1. The molecule has 0 spiro atoms. The smallest absolute Gasteiger partial charge is 0.473 e. The number of nitrogen functional groups attached to an aromatic ring is 1. The number of hydrogen-bond donors (Lipinski definition) is 3. The van der Waals surface area contributed by atoms with Crippen LogP contribution in [0.3, 0.4) is 0 Å². The van der Waals surface area contributed by atoms with Gasteiger partial charge in [0.2, 0.25) is 0 Å². The molecule has 0 bridgehead atoms. The lowest BCUT2D eigenvalue weighted by atomic mass is 10.2. The van der Waals surface area contributed by atoms with Crippen LogP contribution < -0.4 is 10.3 Å². The minimum absolute atomic E-state index is 0.0362. The summed E-state index contributed by atoms with van der Waals surface area (Å²) in [5.41, 5.74) is 7.20. The van der Waals surface area contributed by atoms with Gasteiger partial charge < -0.3 is 20.7 Å². The van der Waals surface area contributed by atoms with Crippen molar-refractivity contribution in [2.24, 2.45) is 0 Å². The number of aromatic carboxylic acids is 1. The van der Waals surface area contributed by atoms with Crippen LogP contribution in [-0.2, 0) is 17.7 Å². The van der Waals surface area contributed by atoms with E-state index in [9.17, 15) is 14.7 Å². The first kappa shape index (κ1) is 17.6. The van der Waals surface area contributed by atoms with E-state index in [1.807, 2.05) is 0 Å². The number of ether oxygens (including phenoxy) is 1. The highest BCUT2D eigenvalue weighted by atomic mass is 32.1. The minimum Gasteiger partial charge on any atom is -0.473 e. The summed E-state index contributed by atoms with van der Waals surface area (Å²) in [5.74, 6) is -0.235. The first-order chi connectivity index (χ1) is 11.3. The Kier molecular flexibility index (Phi) is 5.29. The van der Waals surface area contributed by atoms with Crippen molar-refractivity contribution in [1.82, 2.24) is 9.97 Å². The molecule has 2 heterocycles. The molecule has 2 aromatic rings. The predicted molar refractivity (Wildman–Crippen MR) is 84.2 cm³/mol. The van der Waals surface area contributed by atoms with Crippen LogP contribution in [0, 0.1) is 13.8 Å². The fraction of sp³-hybridized carbons (Fsp3) is 0.357. The molecule has 2 rings (SSSR count). The second kappa shape index (κ2) is 7.21. The van der Waals surface area contributed by atoms with Crippen LogP contribution in [0.15, 0.2) is 6.20 Å². The van der Waals surface area contributed by atoms with E-state index in [1.165, 1.54) is 0 Å². The predicted octanol–water partition coefficient (Wildman–Crippen LogP) is 1.01. The number of hydrogen-bond acceptors (Lipinski definition) is 7. The zero-order chi connectivity index (χ0) is 17.9. The third-order valence-corrected chi connectivity index (χ3v) is 4.69. The number of aromatic nitrogens is 3. The zero-order valence-corrected chi connectivity index (χ0v) is 14.0. The number of thiazole rings is 1.